The van der Waals surface area contributed by atoms with Crippen LogP contribution >= 0.6 is 15.9 Å². The molecule has 1 aliphatic heterocycles. The van der Waals surface area contributed by atoms with Gasteiger partial charge >= 0.3 is 0 Å². The van der Waals surface area contributed by atoms with Gasteiger partial charge in [-0.05, 0) is 49.2 Å². The number of amides is 2. The topological polar surface area (TPSA) is 80.1 Å². The second-order valence-electron chi connectivity index (χ2n) is 6.97. The van der Waals surface area contributed by atoms with Crippen LogP contribution in [0.3, 0.4) is 0 Å². The summed E-state index contributed by atoms with van der Waals surface area (Å²) in [5.41, 5.74) is 2.65. The fourth-order valence-corrected chi connectivity index (χ4v) is 3.87. The van der Waals surface area contributed by atoms with Crippen LogP contribution in [0.4, 0.5) is 5.69 Å². The maximum atomic E-state index is 12.8. The van der Waals surface area contributed by atoms with E-state index < -0.39 is 5.92 Å². The second-order valence-corrected chi connectivity index (χ2v) is 7.89. The molecule has 4 rings (SSSR count). The molecule has 1 aromatic heterocycles. The summed E-state index contributed by atoms with van der Waals surface area (Å²) in [6.45, 7) is 2.45. The van der Waals surface area contributed by atoms with Gasteiger partial charge in [-0.25, -0.2) is 9.67 Å². The van der Waals surface area contributed by atoms with Crippen LogP contribution in [0.5, 0.6) is 0 Å². The number of aromatic nitrogens is 3. The molecular weight excluding hydrogens is 434 g/mol. The summed E-state index contributed by atoms with van der Waals surface area (Å²) < 4.78 is 2.57. The Morgan fingerprint density at radius 3 is 2.69 bits per heavy atom. The van der Waals surface area contributed by atoms with Gasteiger partial charge in [0.15, 0.2) is 0 Å². The number of benzene rings is 2. The van der Waals surface area contributed by atoms with Gasteiger partial charge in [-0.15, -0.1) is 0 Å². The Balaban J connectivity index is 1.40. The first-order chi connectivity index (χ1) is 14.0. The molecule has 0 aliphatic carbocycles. The molecule has 1 aliphatic rings. The average Bonchev–Trinajstić information content (AvgIpc) is 3.38. The Morgan fingerprint density at radius 1 is 1.21 bits per heavy atom. The van der Waals surface area contributed by atoms with E-state index in [9.17, 15) is 9.59 Å². The summed E-state index contributed by atoms with van der Waals surface area (Å²) in [4.78, 5) is 31.1. The van der Waals surface area contributed by atoms with E-state index in [-0.39, 0.29) is 17.9 Å². The molecule has 2 amide bonds. The number of carbonyl (C=O) groups excluding carboxylic acids is 2. The molecular formula is C21H20BrN5O2. The maximum absolute atomic E-state index is 12.8. The normalized spacial score (nSPS) is 17.4. The molecule has 0 bridgehead atoms. The molecule has 2 atom stereocenters. The summed E-state index contributed by atoms with van der Waals surface area (Å²) >= 11 is 3.42. The first-order valence-electron chi connectivity index (χ1n) is 9.35. The Hall–Kier alpha value is -3.00. The third kappa shape index (κ3) is 4.07. The molecule has 1 N–H and O–H groups in total. The third-order valence-corrected chi connectivity index (χ3v) is 5.57. The number of hydrogen-bond donors (Lipinski definition) is 1. The number of anilines is 1. The van der Waals surface area contributed by atoms with Crippen LogP contribution in [-0.2, 0) is 9.59 Å². The number of rotatable bonds is 5. The minimum absolute atomic E-state index is 0.158. The zero-order chi connectivity index (χ0) is 20.4. The van der Waals surface area contributed by atoms with Gasteiger partial charge in [0.05, 0.1) is 11.7 Å². The zero-order valence-electron chi connectivity index (χ0n) is 15.8. The van der Waals surface area contributed by atoms with Crippen molar-refractivity contribution in [3.8, 4) is 5.69 Å². The Bertz CT molecular complexity index is 1020. The summed E-state index contributed by atoms with van der Waals surface area (Å²) in [5, 5.41) is 7.07. The van der Waals surface area contributed by atoms with Gasteiger partial charge in [-0.2, -0.15) is 5.10 Å². The molecule has 7 nitrogen and oxygen atoms in total. The van der Waals surface area contributed by atoms with E-state index in [2.05, 4.69) is 31.3 Å². The van der Waals surface area contributed by atoms with E-state index in [1.54, 1.807) is 15.9 Å². The van der Waals surface area contributed by atoms with Crippen LogP contribution in [0.15, 0.2) is 65.7 Å². The second kappa shape index (κ2) is 8.16. The van der Waals surface area contributed by atoms with Gasteiger partial charge in [0.2, 0.25) is 11.8 Å². The van der Waals surface area contributed by atoms with Crippen molar-refractivity contribution in [3.63, 3.8) is 0 Å². The van der Waals surface area contributed by atoms with Gasteiger partial charge in [-0.3, -0.25) is 9.59 Å². The van der Waals surface area contributed by atoms with Crippen molar-refractivity contribution in [2.75, 3.05) is 11.4 Å². The first-order valence-corrected chi connectivity index (χ1v) is 10.1. The van der Waals surface area contributed by atoms with Crippen LogP contribution < -0.4 is 10.2 Å². The molecule has 2 unspecified atom stereocenters. The third-order valence-electron chi connectivity index (χ3n) is 5.08. The van der Waals surface area contributed by atoms with Crippen LogP contribution in [0.25, 0.3) is 5.69 Å². The van der Waals surface area contributed by atoms with Crippen molar-refractivity contribution in [1.82, 2.24) is 20.1 Å². The first kappa shape index (κ1) is 19.3. The fraction of sp³-hybridized carbons (Fsp3) is 0.238. The van der Waals surface area contributed by atoms with Gasteiger partial charge in [0.1, 0.15) is 18.6 Å². The molecule has 148 valence electrons. The quantitative estimate of drug-likeness (QED) is 0.601. The monoisotopic (exact) mass is 453 g/mol. The molecule has 0 saturated carbocycles. The van der Waals surface area contributed by atoms with E-state index in [1.807, 2.05) is 55.5 Å². The van der Waals surface area contributed by atoms with Crippen LogP contribution in [-0.4, -0.2) is 33.1 Å². The molecule has 1 fully saturated rings. The lowest BCUT2D eigenvalue weighted by Crippen LogP contribution is -2.38. The van der Waals surface area contributed by atoms with Crippen molar-refractivity contribution in [1.29, 1.82) is 0 Å². The highest BCUT2D eigenvalue weighted by Gasteiger charge is 2.38. The molecule has 8 heteroatoms. The largest absolute Gasteiger partial charge is 0.349 e. The summed E-state index contributed by atoms with van der Waals surface area (Å²) in [6.07, 6.45) is 3.62. The van der Waals surface area contributed by atoms with Gasteiger partial charge < -0.3 is 10.2 Å². The van der Waals surface area contributed by atoms with Crippen LogP contribution in [0.1, 0.15) is 24.9 Å². The average molecular weight is 454 g/mol. The molecule has 0 spiro atoms. The number of hydrogen-bond acceptors (Lipinski definition) is 4. The van der Waals surface area contributed by atoms with E-state index in [4.69, 9.17) is 0 Å². The summed E-state index contributed by atoms with van der Waals surface area (Å²) in [6, 6.07) is 15.1. The lowest BCUT2D eigenvalue weighted by atomic mass is 10.0. The fourth-order valence-electron chi connectivity index (χ4n) is 3.48. The van der Waals surface area contributed by atoms with Crippen LogP contribution in [0.2, 0.25) is 0 Å². The van der Waals surface area contributed by atoms with E-state index in [0.717, 1.165) is 21.4 Å². The molecule has 2 aromatic carbocycles. The molecule has 2 heterocycles. The minimum atomic E-state index is -0.661. The Labute approximate surface area is 176 Å². The van der Waals surface area contributed by atoms with Crippen molar-refractivity contribution in [2.45, 2.75) is 19.4 Å². The molecule has 29 heavy (non-hydrogen) atoms. The van der Waals surface area contributed by atoms with Crippen molar-refractivity contribution in [2.24, 2.45) is 5.92 Å². The predicted octanol–water partition coefficient (Wildman–Crippen LogP) is 3.26. The van der Waals surface area contributed by atoms with Gasteiger partial charge in [-0.1, -0.05) is 34.1 Å². The molecule has 1 saturated heterocycles. The SMILES string of the molecule is CC(NC(=O)C1CCN(c2cccc(Br)c2)C1=O)c1ccc(-n2cncn2)cc1. The smallest absolute Gasteiger partial charge is 0.239 e. The Morgan fingerprint density at radius 2 is 2.00 bits per heavy atom. The lowest BCUT2D eigenvalue weighted by Gasteiger charge is -2.19. The molecule has 3 aromatic rings. The highest BCUT2D eigenvalue weighted by Crippen LogP contribution is 2.28. The highest BCUT2D eigenvalue weighted by molar-refractivity contribution is 9.10. The van der Waals surface area contributed by atoms with Crippen molar-refractivity contribution >= 4 is 33.4 Å². The van der Waals surface area contributed by atoms with Crippen molar-refractivity contribution < 1.29 is 9.59 Å². The summed E-state index contributed by atoms with van der Waals surface area (Å²) in [5.74, 6) is -1.06. The summed E-state index contributed by atoms with van der Waals surface area (Å²) in [7, 11) is 0. The zero-order valence-corrected chi connectivity index (χ0v) is 17.4. The minimum Gasteiger partial charge on any atom is -0.349 e. The van der Waals surface area contributed by atoms with Gasteiger partial charge in [0, 0.05) is 16.7 Å². The maximum Gasteiger partial charge on any atom is 0.239 e. The van der Waals surface area contributed by atoms with E-state index in [0.29, 0.717) is 13.0 Å². The van der Waals surface area contributed by atoms with E-state index >= 15 is 0 Å². The molecule has 0 radical (unpaired) electrons. The Kier molecular flexibility index (Phi) is 5.44. The van der Waals surface area contributed by atoms with E-state index in [1.165, 1.54) is 6.33 Å². The highest BCUT2D eigenvalue weighted by atomic mass is 79.9. The van der Waals surface area contributed by atoms with Gasteiger partial charge in [0.25, 0.3) is 0 Å². The van der Waals surface area contributed by atoms with Crippen LogP contribution in [0, 0.1) is 5.92 Å². The van der Waals surface area contributed by atoms with Crippen molar-refractivity contribution in [3.05, 3.63) is 71.2 Å². The number of carbonyl (C=O) groups is 2. The number of nitrogens with zero attached hydrogens (tertiary/aromatic N) is 4. The number of halogens is 1. The lowest BCUT2D eigenvalue weighted by molar-refractivity contribution is -0.132. The predicted molar refractivity (Wildman–Crippen MR) is 113 cm³/mol. The standard InChI is InChI=1S/C21H20BrN5O2/c1-14(15-5-7-17(8-6-15)27-13-23-12-24-27)25-20(28)19-9-10-26(21(19)29)18-4-2-3-16(22)11-18/h2-8,11-14,19H,9-10H2,1H3,(H,25,28). The number of nitrogens with one attached hydrogen (secondary N) is 1.